The molecule has 0 bridgehead atoms. The summed E-state index contributed by atoms with van der Waals surface area (Å²) >= 11 is 0. The first-order valence-electron chi connectivity index (χ1n) is 5.82. The Morgan fingerprint density at radius 2 is 1.88 bits per heavy atom. The van der Waals surface area contributed by atoms with Gasteiger partial charge in [0.05, 0.1) is 6.10 Å². The topological polar surface area (TPSA) is 35.5 Å². The van der Waals surface area contributed by atoms with Crippen molar-refractivity contribution in [2.75, 3.05) is 27.2 Å². The standard InChI is InChI=1S/C13H21FN2O/c1-10(15-8-9-16(2)3)13(17)11-4-6-12(14)7-5-11/h4-7,10,13,15,17H,8-9H2,1-3H3. The summed E-state index contributed by atoms with van der Waals surface area (Å²) in [6.45, 7) is 3.65. The van der Waals surface area contributed by atoms with Gasteiger partial charge in [0.15, 0.2) is 0 Å². The fourth-order valence-electron chi connectivity index (χ4n) is 1.58. The van der Waals surface area contributed by atoms with Gasteiger partial charge in [-0.15, -0.1) is 0 Å². The second kappa shape index (κ2) is 6.69. The second-order valence-corrected chi connectivity index (χ2v) is 4.54. The number of nitrogens with one attached hydrogen (secondary N) is 1. The Balaban J connectivity index is 2.45. The third-order valence-electron chi connectivity index (χ3n) is 2.71. The monoisotopic (exact) mass is 240 g/mol. The maximum absolute atomic E-state index is 12.7. The van der Waals surface area contributed by atoms with Crippen molar-refractivity contribution >= 4 is 0 Å². The molecule has 0 radical (unpaired) electrons. The first-order chi connectivity index (χ1) is 8.00. The Bertz CT molecular complexity index is 327. The zero-order chi connectivity index (χ0) is 12.8. The molecular formula is C13H21FN2O. The highest BCUT2D eigenvalue weighted by molar-refractivity contribution is 5.19. The van der Waals surface area contributed by atoms with Gasteiger partial charge in [-0.25, -0.2) is 4.39 Å². The van der Waals surface area contributed by atoms with Gasteiger partial charge >= 0.3 is 0 Å². The first-order valence-corrected chi connectivity index (χ1v) is 5.82. The number of rotatable bonds is 6. The molecule has 0 fully saturated rings. The Labute approximate surface area is 102 Å². The summed E-state index contributed by atoms with van der Waals surface area (Å²) in [6.07, 6.45) is -0.613. The molecular weight excluding hydrogens is 219 g/mol. The van der Waals surface area contributed by atoms with Gasteiger partial charge in [0.2, 0.25) is 0 Å². The van der Waals surface area contributed by atoms with Crippen molar-refractivity contribution < 1.29 is 9.50 Å². The molecule has 4 heteroatoms. The van der Waals surface area contributed by atoms with Crippen LogP contribution < -0.4 is 5.32 Å². The summed E-state index contributed by atoms with van der Waals surface area (Å²) in [5.74, 6) is -0.283. The van der Waals surface area contributed by atoms with E-state index in [1.807, 2.05) is 21.0 Å². The van der Waals surface area contributed by atoms with E-state index in [0.717, 1.165) is 18.7 Å². The van der Waals surface area contributed by atoms with Crippen molar-refractivity contribution in [1.82, 2.24) is 10.2 Å². The highest BCUT2D eigenvalue weighted by Crippen LogP contribution is 2.16. The number of halogens is 1. The first kappa shape index (κ1) is 14.1. The van der Waals surface area contributed by atoms with Crippen LogP contribution in [-0.2, 0) is 0 Å². The SMILES string of the molecule is CC(NCCN(C)C)C(O)c1ccc(F)cc1. The van der Waals surface area contributed by atoms with Crippen LogP contribution in [0.1, 0.15) is 18.6 Å². The Hall–Kier alpha value is -0.970. The average molecular weight is 240 g/mol. The van der Waals surface area contributed by atoms with Crippen molar-refractivity contribution in [3.05, 3.63) is 35.6 Å². The largest absolute Gasteiger partial charge is 0.387 e. The van der Waals surface area contributed by atoms with Crippen LogP contribution in [0.4, 0.5) is 4.39 Å². The molecule has 0 aliphatic heterocycles. The number of benzene rings is 1. The van der Waals surface area contributed by atoms with Crippen molar-refractivity contribution in [3.63, 3.8) is 0 Å². The number of likely N-dealkylation sites (N-methyl/N-ethyl adjacent to an activating group) is 1. The molecule has 1 aromatic rings. The van der Waals surface area contributed by atoms with Crippen LogP contribution in [0.25, 0.3) is 0 Å². The van der Waals surface area contributed by atoms with E-state index in [9.17, 15) is 9.50 Å². The summed E-state index contributed by atoms with van der Waals surface area (Å²) in [5, 5.41) is 13.3. The predicted molar refractivity (Wildman–Crippen MR) is 67.4 cm³/mol. The number of hydrogen-bond acceptors (Lipinski definition) is 3. The normalized spacial score (nSPS) is 14.9. The minimum atomic E-state index is -0.613. The van der Waals surface area contributed by atoms with Crippen LogP contribution in [0.5, 0.6) is 0 Å². The van der Waals surface area contributed by atoms with Crippen LogP contribution >= 0.6 is 0 Å². The Kier molecular flexibility index (Phi) is 5.55. The van der Waals surface area contributed by atoms with E-state index in [2.05, 4.69) is 10.2 Å². The van der Waals surface area contributed by atoms with Gasteiger partial charge in [-0.2, -0.15) is 0 Å². The summed E-state index contributed by atoms with van der Waals surface area (Å²) < 4.78 is 12.7. The molecule has 17 heavy (non-hydrogen) atoms. The lowest BCUT2D eigenvalue weighted by Gasteiger charge is -2.21. The average Bonchev–Trinajstić information content (AvgIpc) is 2.28. The van der Waals surface area contributed by atoms with Crippen molar-refractivity contribution in [3.8, 4) is 0 Å². The molecule has 2 atom stereocenters. The highest BCUT2D eigenvalue weighted by atomic mass is 19.1. The van der Waals surface area contributed by atoms with Crippen LogP contribution in [0, 0.1) is 5.82 Å². The molecule has 0 saturated carbocycles. The molecule has 0 heterocycles. The molecule has 0 aromatic heterocycles. The lowest BCUT2D eigenvalue weighted by Crippen LogP contribution is -2.36. The third-order valence-corrected chi connectivity index (χ3v) is 2.71. The molecule has 1 rings (SSSR count). The van der Waals surface area contributed by atoms with Gasteiger partial charge in [-0.05, 0) is 38.7 Å². The molecule has 0 aliphatic rings. The maximum atomic E-state index is 12.7. The summed E-state index contributed by atoms with van der Waals surface area (Å²) in [7, 11) is 4.01. The lowest BCUT2D eigenvalue weighted by atomic mass is 10.0. The molecule has 0 saturated heterocycles. The van der Waals surface area contributed by atoms with Gasteiger partial charge in [0.25, 0.3) is 0 Å². The second-order valence-electron chi connectivity index (χ2n) is 4.54. The van der Waals surface area contributed by atoms with Crippen LogP contribution in [0.3, 0.4) is 0 Å². The quantitative estimate of drug-likeness (QED) is 0.789. The lowest BCUT2D eigenvalue weighted by molar-refractivity contribution is 0.135. The van der Waals surface area contributed by atoms with E-state index in [1.165, 1.54) is 12.1 Å². The van der Waals surface area contributed by atoms with Crippen molar-refractivity contribution in [2.45, 2.75) is 19.1 Å². The minimum Gasteiger partial charge on any atom is -0.387 e. The van der Waals surface area contributed by atoms with E-state index < -0.39 is 6.10 Å². The smallest absolute Gasteiger partial charge is 0.123 e. The van der Waals surface area contributed by atoms with Gasteiger partial charge < -0.3 is 15.3 Å². The van der Waals surface area contributed by atoms with Crippen molar-refractivity contribution in [1.29, 1.82) is 0 Å². The maximum Gasteiger partial charge on any atom is 0.123 e. The number of aliphatic hydroxyl groups excluding tert-OH is 1. The molecule has 96 valence electrons. The van der Waals surface area contributed by atoms with Crippen molar-refractivity contribution in [2.24, 2.45) is 0 Å². The van der Waals surface area contributed by atoms with E-state index in [4.69, 9.17) is 0 Å². The van der Waals surface area contributed by atoms with Crippen LogP contribution in [0.2, 0.25) is 0 Å². The molecule has 2 N–H and O–H groups in total. The van der Waals surface area contributed by atoms with Gasteiger partial charge in [-0.3, -0.25) is 0 Å². The number of hydrogen-bond donors (Lipinski definition) is 2. The number of aliphatic hydroxyl groups is 1. The Morgan fingerprint density at radius 1 is 1.29 bits per heavy atom. The zero-order valence-corrected chi connectivity index (χ0v) is 10.7. The van der Waals surface area contributed by atoms with Gasteiger partial charge in [0, 0.05) is 19.1 Å². The van der Waals surface area contributed by atoms with Crippen LogP contribution in [-0.4, -0.2) is 43.2 Å². The summed E-state index contributed by atoms with van der Waals surface area (Å²) in [4.78, 5) is 2.07. The minimum absolute atomic E-state index is 0.0552. The van der Waals surface area contributed by atoms with Gasteiger partial charge in [-0.1, -0.05) is 12.1 Å². The number of nitrogens with zero attached hydrogens (tertiary/aromatic N) is 1. The molecule has 0 amide bonds. The van der Waals surface area contributed by atoms with Gasteiger partial charge in [0.1, 0.15) is 5.82 Å². The fourth-order valence-corrected chi connectivity index (χ4v) is 1.58. The fraction of sp³-hybridized carbons (Fsp3) is 0.538. The van der Waals surface area contributed by atoms with E-state index >= 15 is 0 Å². The summed E-state index contributed by atoms with van der Waals surface area (Å²) in [6, 6.07) is 5.91. The zero-order valence-electron chi connectivity index (χ0n) is 10.7. The molecule has 0 spiro atoms. The Morgan fingerprint density at radius 3 is 2.41 bits per heavy atom. The van der Waals surface area contributed by atoms with Crippen LogP contribution in [0.15, 0.2) is 24.3 Å². The van der Waals surface area contributed by atoms with E-state index in [-0.39, 0.29) is 11.9 Å². The highest BCUT2D eigenvalue weighted by Gasteiger charge is 2.15. The molecule has 2 unspecified atom stereocenters. The van der Waals surface area contributed by atoms with E-state index in [0.29, 0.717) is 0 Å². The summed E-state index contributed by atoms with van der Waals surface area (Å²) in [5.41, 5.74) is 0.733. The predicted octanol–water partition coefficient (Wildman–Crippen LogP) is 1.40. The third kappa shape index (κ3) is 4.81. The molecule has 1 aromatic carbocycles. The van der Waals surface area contributed by atoms with E-state index in [1.54, 1.807) is 12.1 Å². The molecule has 3 nitrogen and oxygen atoms in total. The molecule has 0 aliphatic carbocycles.